The molecule has 2 aromatic carbocycles. The van der Waals surface area contributed by atoms with Crippen LogP contribution in [0.3, 0.4) is 0 Å². The molecule has 0 aliphatic rings. The van der Waals surface area contributed by atoms with E-state index in [4.69, 9.17) is 13.9 Å². The van der Waals surface area contributed by atoms with Crippen molar-refractivity contribution in [1.82, 2.24) is 21.3 Å². The van der Waals surface area contributed by atoms with Gasteiger partial charge in [-0.2, -0.15) is 0 Å². The van der Waals surface area contributed by atoms with E-state index >= 15 is 0 Å². The zero-order valence-electron chi connectivity index (χ0n) is 26.6. The molecule has 1 heterocycles. The highest BCUT2D eigenvalue weighted by atomic mass is 32.2. The first-order chi connectivity index (χ1) is 21.6. The van der Waals surface area contributed by atoms with Crippen LogP contribution in [0.2, 0.25) is 0 Å². The van der Waals surface area contributed by atoms with Gasteiger partial charge in [-0.1, -0.05) is 24.3 Å². The number of carbonyl (C=O) groups is 3. The van der Waals surface area contributed by atoms with E-state index < -0.39 is 48.1 Å². The second kappa shape index (κ2) is 16.2. The first-order valence-corrected chi connectivity index (χ1v) is 18.3. The van der Waals surface area contributed by atoms with Crippen molar-refractivity contribution < 1.29 is 45.1 Å². The maximum Gasteiger partial charge on any atom is 0.412 e. The average molecular weight is 683 g/mol. The number of Topliss-reactive ketones (excluding diaryl/α,β-unsaturated/α-hetero) is 1. The van der Waals surface area contributed by atoms with Crippen molar-refractivity contribution in [1.29, 1.82) is 0 Å². The molecule has 0 bridgehead atoms. The number of ketones is 1. The SMILES string of the molecule is CC(=O)c1cc2c(OC(=O)NCCNCCS(=O)(=O)C(C)C)c3ccccc3c(OC(=O)NCCNCCS(=O)(=O)C(C)C)c2o1. The Labute approximate surface area is 268 Å². The van der Waals surface area contributed by atoms with E-state index in [1.807, 2.05) is 0 Å². The van der Waals surface area contributed by atoms with E-state index in [0.717, 1.165) is 0 Å². The highest BCUT2D eigenvalue weighted by molar-refractivity contribution is 7.92. The normalized spacial score (nSPS) is 12.2. The van der Waals surface area contributed by atoms with E-state index in [2.05, 4.69) is 21.3 Å². The third kappa shape index (κ3) is 9.88. The van der Waals surface area contributed by atoms with Crippen LogP contribution in [0.1, 0.15) is 45.2 Å². The summed E-state index contributed by atoms with van der Waals surface area (Å²) in [6, 6.07) is 8.11. The molecule has 0 spiro atoms. The number of sulfone groups is 2. The summed E-state index contributed by atoms with van der Waals surface area (Å²) < 4.78 is 64.8. The summed E-state index contributed by atoms with van der Waals surface area (Å²) in [7, 11) is -6.36. The van der Waals surface area contributed by atoms with Gasteiger partial charge in [0.2, 0.25) is 0 Å². The van der Waals surface area contributed by atoms with Gasteiger partial charge >= 0.3 is 12.2 Å². The number of amides is 2. The Morgan fingerprint density at radius 3 is 1.61 bits per heavy atom. The number of ether oxygens (including phenoxy) is 2. The van der Waals surface area contributed by atoms with E-state index in [-0.39, 0.29) is 65.9 Å². The monoisotopic (exact) mass is 682 g/mol. The maximum atomic E-state index is 12.8. The third-order valence-corrected chi connectivity index (χ3v) is 11.5. The second-order valence-electron chi connectivity index (χ2n) is 11.1. The van der Waals surface area contributed by atoms with E-state index in [0.29, 0.717) is 23.9 Å². The van der Waals surface area contributed by atoms with Gasteiger partial charge in [-0.3, -0.25) is 4.79 Å². The highest BCUT2D eigenvalue weighted by Gasteiger charge is 2.25. The van der Waals surface area contributed by atoms with Crippen LogP contribution < -0.4 is 30.7 Å². The molecule has 0 unspecified atom stereocenters. The fourth-order valence-corrected chi connectivity index (χ4v) is 5.97. The van der Waals surface area contributed by atoms with Gasteiger partial charge in [0.1, 0.15) is 0 Å². The van der Waals surface area contributed by atoms with Crippen molar-refractivity contribution in [2.24, 2.45) is 0 Å². The molecule has 0 aliphatic carbocycles. The maximum absolute atomic E-state index is 12.8. The molecule has 254 valence electrons. The van der Waals surface area contributed by atoms with E-state index in [1.54, 1.807) is 52.0 Å². The number of furan rings is 1. The smallest absolute Gasteiger partial charge is 0.412 e. The molecular formula is C30H42N4O10S2. The summed E-state index contributed by atoms with van der Waals surface area (Å²) in [5.74, 6) is -0.385. The molecule has 46 heavy (non-hydrogen) atoms. The molecule has 3 aromatic rings. The molecular weight excluding hydrogens is 640 g/mol. The highest BCUT2D eigenvalue weighted by Crippen LogP contribution is 2.44. The zero-order valence-corrected chi connectivity index (χ0v) is 28.2. The van der Waals surface area contributed by atoms with Crippen LogP contribution >= 0.6 is 0 Å². The van der Waals surface area contributed by atoms with Crippen molar-refractivity contribution in [2.75, 3.05) is 50.8 Å². The van der Waals surface area contributed by atoms with Crippen LogP contribution in [-0.4, -0.2) is 96.1 Å². The molecule has 1 aromatic heterocycles. The minimum absolute atomic E-state index is 0.0138. The fraction of sp³-hybridized carbons (Fsp3) is 0.500. The Bertz CT molecular complexity index is 1650. The van der Waals surface area contributed by atoms with Crippen LogP contribution in [0, 0.1) is 0 Å². The van der Waals surface area contributed by atoms with E-state index in [9.17, 15) is 31.2 Å². The molecule has 0 aliphatic heterocycles. The first kappa shape index (κ1) is 36.7. The van der Waals surface area contributed by atoms with Crippen molar-refractivity contribution in [3.05, 3.63) is 36.1 Å². The number of rotatable bonds is 17. The Hall–Kier alpha value is -3.73. The second-order valence-corrected chi connectivity index (χ2v) is 16.4. The Morgan fingerprint density at radius 1 is 0.696 bits per heavy atom. The quantitative estimate of drug-likeness (QED) is 0.120. The predicted octanol–water partition coefficient (Wildman–Crippen LogP) is 2.79. The van der Waals surface area contributed by atoms with Crippen LogP contribution in [0.15, 0.2) is 34.7 Å². The molecule has 0 atom stereocenters. The summed E-state index contributed by atoms with van der Waals surface area (Å²) in [5, 5.41) is 11.2. The van der Waals surface area contributed by atoms with Crippen LogP contribution in [0.4, 0.5) is 9.59 Å². The van der Waals surface area contributed by atoms with Crippen LogP contribution in [0.25, 0.3) is 21.7 Å². The Balaban J connectivity index is 1.71. The average Bonchev–Trinajstić information content (AvgIpc) is 3.44. The number of hydrogen-bond acceptors (Lipinski definition) is 12. The van der Waals surface area contributed by atoms with Gasteiger partial charge in [-0.15, -0.1) is 0 Å². The van der Waals surface area contributed by atoms with Gasteiger partial charge < -0.3 is 35.2 Å². The molecule has 0 radical (unpaired) electrons. The molecule has 2 amide bonds. The summed E-state index contributed by atoms with van der Waals surface area (Å²) in [4.78, 5) is 37.7. The lowest BCUT2D eigenvalue weighted by Crippen LogP contribution is -2.36. The van der Waals surface area contributed by atoms with Crippen molar-refractivity contribution in [3.63, 3.8) is 0 Å². The number of hydrogen-bond donors (Lipinski definition) is 4. The summed E-state index contributed by atoms with van der Waals surface area (Å²) in [5.41, 5.74) is 0.0203. The Morgan fingerprint density at radius 2 is 1.15 bits per heavy atom. The third-order valence-electron chi connectivity index (χ3n) is 7.04. The standard InChI is InChI=1S/C30H42N4O10S2/c1-19(2)45(38,39)16-14-31-10-12-33-29(36)43-26-22-8-6-7-9-23(22)27(28-24(26)18-25(42-28)21(5)35)44-30(37)34-13-11-32-15-17-46(40,41)20(3)4/h6-9,18-20,31-32H,10-17H2,1-5H3,(H,33,36)(H,34,37). The lowest BCUT2D eigenvalue weighted by atomic mass is 10.1. The van der Waals surface area contributed by atoms with Gasteiger partial charge in [0, 0.05) is 57.0 Å². The minimum atomic E-state index is -3.18. The fourth-order valence-electron chi connectivity index (χ4n) is 4.17. The van der Waals surface area contributed by atoms with Crippen LogP contribution in [-0.2, 0) is 19.7 Å². The van der Waals surface area contributed by atoms with Crippen molar-refractivity contribution >= 4 is 59.4 Å². The molecule has 0 saturated heterocycles. The number of benzene rings is 2. The number of fused-ring (bicyclic) bond motifs is 2. The lowest BCUT2D eigenvalue weighted by molar-refractivity contribution is 0.0989. The topological polar surface area (TPSA) is 199 Å². The minimum Gasteiger partial charge on any atom is -0.449 e. The van der Waals surface area contributed by atoms with Crippen LogP contribution in [0.5, 0.6) is 11.5 Å². The lowest BCUT2D eigenvalue weighted by Gasteiger charge is -2.14. The molecule has 3 rings (SSSR count). The molecule has 14 nitrogen and oxygen atoms in total. The number of carbonyl (C=O) groups excluding carboxylic acids is 3. The van der Waals surface area contributed by atoms with Crippen molar-refractivity contribution in [3.8, 4) is 11.5 Å². The van der Waals surface area contributed by atoms with Gasteiger partial charge in [-0.25, -0.2) is 26.4 Å². The predicted molar refractivity (Wildman–Crippen MR) is 175 cm³/mol. The first-order valence-electron chi connectivity index (χ1n) is 14.9. The molecule has 0 saturated carbocycles. The summed E-state index contributed by atoms with van der Waals surface area (Å²) >= 11 is 0. The van der Waals surface area contributed by atoms with Gasteiger partial charge in [-0.05, 0) is 33.8 Å². The van der Waals surface area contributed by atoms with Gasteiger partial charge in [0.15, 0.2) is 48.3 Å². The van der Waals surface area contributed by atoms with Gasteiger partial charge in [0.25, 0.3) is 0 Å². The Kier molecular flexibility index (Phi) is 12.9. The molecule has 16 heteroatoms. The molecule has 0 fully saturated rings. The summed E-state index contributed by atoms with van der Waals surface area (Å²) in [6.45, 7) is 9.13. The van der Waals surface area contributed by atoms with Gasteiger partial charge in [0.05, 0.1) is 27.4 Å². The summed E-state index contributed by atoms with van der Waals surface area (Å²) in [6.07, 6.45) is -1.61. The number of nitrogens with one attached hydrogen (secondary N) is 4. The largest absolute Gasteiger partial charge is 0.449 e. The molecule has 4 N–H and O–H groups in total. The zero-order chi connectivity index (χ0) is 34.1. The van der Waals surface area contributed by atoms with E-state index in [1.165, 1.54) is 13.0 Å². The van der Waals surface area contributed by atoms with Crippen molar-refractivity contribution in [2.45, 2.75) is 45.1 Å².